The van der Waals surface area contributed by atoms with Gasteiger partial charge in [-0.2, -0.15) is 0 Å². The molecule has 0 saturated carbocycles. The molecular weight excluding hydrogens is 326 g/mol. The van der Waals surface area contributed by atoms with Gasteiger partial charge in [-0.05, 0) is 30.0 Å². The number of amides is 1. The lowest BCUT2D eigenvalue weighted by molar-refractivity contribution is -0.115. The smallest absolute Gasteiger partial charge is 0.350 e. The lowest BCUT2D eigenvalue weighted by atomic mass is 10.2. The molecule has 1 aromatic heterocycles. The van der Waals surface area contributed by atoms with E-state index in [1.54, 1.807) is 11.4 Å². The molecule has 0 spiro atoms. The van der Waals surface area contributed by atoms with E-state index < -0.39 is 5.97 Å². The summed E-state index contributed by atoms with van der Waals surface area (Å²) in [5.41, 5.74) is 2.55. The Labute approximate surface area is 144 Å². The minimum absolute atomic E-state index is 0.157. The van der Waals surface area contributed by atoms with Crippen LogP contribution < -0.4 is 15.5 Å². The van der Waals surface area contributed by atoms with Crippen LogP contribution in [-0.4, -0.2) is 38.6 Å². The molecule has 2 N–H and O–H groups in total. The molecule has 6 nitrogen and oxygen atoms in total. The molecule has 0 saturated heterocycles. The number of benzene rings is 1. The molecule has 2 aromatic rings. The van der Waals surface area contributed by atoms with Gasteiger partial charge >= 0.3 is 5.97 Å². The summed E-state index contributed by atoms with van der Waals surface area (Å²) in [6, 6.07) is 9.67. The second kappa shape index (κ2) is 7.35. The van der Waals surface area contributed by atoms with E-state index in [4.69, 9.17) is 4.74 Å². The molecule has 1 amide bonds. The molecule has 3 rings (SSSR count). The SMILES string of the molecule is COC(=O)c1sccc1NC(=O)CN1CCCNc2ccccc21. The molecule has 0 atom stereocenters. The molecule has 126 valence electrons. The third kappa shape index (κ3) is 3.51. The number of hydrogen-bond donors (Lipinski definition) is 2. The van der Waals surface area contributed by atoms with Gasteiger partial charge in [-0.15, -0.1) is 11.3 Å². The number of hydrogen-bond acceptors (Lipinski definition) is 6. The van der Waals surface area contributed by atoms with Crippen LogP contribution in [0.5, 0.6) is 0 Å². The van der Waals surface area contributed by atoms with E-state index >= 15 is 0 Å². The van der Waals surface area contributed by atoms with E-state index in [9.17, 15) is 9.59 Å². The molecule has 1 aliphatic heterocycles. The monoisotopic (exact) mass is 345 g/mol. The molecule has 0 aliphatic carbocycles. The largest absolute Gasteiger partial charge is 0.465 e. The molecule has 1 aliphatic rings. The van der Waals surface area contributed by atoms with Crippen molar-refractivity contribution in [1.29, 1.82) is 0 Å². The van der Waals surface area contributed by atoms with Crippen LogP contribution in [0.25, 0.3) is 0 Å². The average Bonchev–Trinajstić information content (AvgIpc) is 2.95. The zero-order valence-corrected chi connectivity index (χ0v) is 14.2. The lowest BCUT2D eigenvalue weighted by Crippen LogP contribution is -2.34. The fourth-order valence-corrected chi connectivity index (χ4v) is 3.46. The first kappa shape index (κ1) is 16.3. The van der Waals surface area contributed by atoms with Crippen molar-refractivity contribution >= 4 is 40.3 Å². The quantitative estimate of drug-likeness (QED) is 0.834. The first-order valence-electron chi connectivity index (χ1n) is 7.72. The van der Waals surface area contributed by atoms with Gasteiger partial charge in [0, 0.05) is 13.1 Å². The number of anilines is 3. The van der Waals surface area contributed by atoms with Crippen molar-refractivity contribution in [1.82, 2.24) is 0 Å². The van der Waals surface area contributed by atoms with Crippen LogP contribution in [0.15, 0.2) is 35.7 Å². The molecule has 1 aromatic carbocycles. The molecule has 24 heavy (non-hydrogen) atoms. The molecular formula is C17H19N3O3S. The highest BCUT2D eigenvalue weighted by molar-refractivity contribution is 7.12. The van der Waals surface area contributed by atoms with Gasteiger partial charge in [0.2, 0.25) is 5.91 Å². The highest BCUT2D eigenvalue weighted by atomic mass is 32.1. The maximum atomic E-state index is 12.4. The number of ether oxygens (including phenoxy) is 1. The van der Waals surface area contributed by atoms with Crippen LogP contribution in [-0.2, 0) is 9.53 Å². The van der Waals surface area contributed by atoms with E-state index in [0.717, 1.165) is 30.9 Å². The lowest BCUT2D eigenvalue weighted by Gasteiger charge is -2.23. The second-order valence-corrected chi connectivity index (χ2v) is 6.34. The third-order valence-corrected chi connectivity index (χ3v) is 4.70. The highest BCUT2D eigenvalue weighted by Crippen LogP contribution is 2.28. The molecule has 7 heteroatoms. The Bertz CT molecular complexity index is 744. The minimum atomic E-state index is -0.440. The standard InChI is InChI=1S/C17H19N3O3S/c1-23-17(22)16-13(7-10-24-16)19-15(21)11-20-9-4-8-18-12-5-2-3-6-14(12)20/h2-3,5-7,10,18H,4,8-9,11H2,1H3,(H,19,21). The number of methoxy groups -OCH3 is 1. The molecule has 0 unspecified atom stereocenters. The second-order valence-electron chi connectivity index (χ2n) is 5.42. The zero-order valence-electron chi connectivity index (χ0n) is 13.4. The Hall–Kier alpha value is -2.54. The van der Waals surface area contributed by atoms with Gasteiger partial charge < -0.3 is 20.3 Å². The van der Waals surface area contributed by atoms with Gasteiger partial charge in [0.05, 0.1) is 30.7 Å². The first-order chi connectivity index (χ1) is 11.7. The summed E-state index contributed by atoms with van der Waals surface area (Å²) in [6.45, 7) is 1.91. The van der Waals surface area contributed by atoms with Gasteiger partial charge in [0.15, 0.2) is 0 Å². The number of para-hydroxylation sites is 2. The maximum Gasteiger partial charge on any atom is 0.350 e. The van der Waals surface area contributed by atoms with E-state index in [1.165, 1.54) is 18.4 Å². The number of rotatable bonds is 4. The van der Waals surface area contributed by atoms with Crippen molar-refractivity contribution in [3.63, 3.8) is 0 Å². The number of carbonyl (C=O) groups is 2. The van der Waals surface area contributed by atoms with Crippen LogP contribution >= 0.6 is 11.3 Å². The Morgan fingerprint density at radius 2 is 2.17 bits per heavy atom. The fraction of sp³-hybridized carbons (Fsp3) is 0.294. The Kier molecular flexibility index (Phi) is 5.00. The molecule has 0 fully saturated rings. The summed E-state index contributed by atoms with van der Waals surface area (Å²) < 4.78 is 4.73. The summed E-state index contributed by atoms with van der Waals surface area (Å²) in [4.78, 5) is 26.6. The molecule has 2 heterocycles. The van der Waals surface area contributed by atoms with Crippen molar-refractivity contribution in [2.24, 2.45) is 0 Å². The van der Waals surface area contributed by atoms with Crippen molar-refractivity contribution in [3.05, 3.63) is 40.6 Å². The molecule has 0 bridgehead atoms. The molecule has 0 radical (unpaired) electrons. The van der Waals surface area contributed by atoms with Gasteiger partial charge in [0.1, 0.15) is 4.88 Å². The van der Waals surface area contributed by atoms with E-state index in [-0.39, 0.29) is 12.5 Å². The Morgan fingerprint density at radius 3 is 3.00 bits per heavy atom. The predicted molar refractivity (Wildman–Crippen MR) is 96.0 cm³/mol. The summed E-state index contributed by atoms with van der Waals surface area (Å²) >= 11 is 1.25. The van der Waals surface area contributed by atoms with Crippen molar-refractivity contribution in [3.8, 4) is 0 Å². The maximum absolute atomic E-state index is 12.4. The van der Waals surface area contributed by atoms with E-state index in [1.807, 2.05) is 24.3 Å². The number of fused-ring (bicyclic) bond motifs is 1. The fourth-order valence-electron chi connectivity index (χ4n) is 2.70. The van der Waals surface area contributed by atoms with Crippen molar-refractivity contribution in [2.45, 2.75) is 6.42 Å². The average molecular weight is 345 g/mol. The van der Waals surface area contributed by atoms with Crippen molar-refractivity contribution in [2.75, 3.05) is 42.3 Å². The van der Waals surface area contributed by atoms with E-state index in [0.29, 0.717) is 10.6 Å². The third-order valence-electron chi connectivity index (χ3n) is 3.81. The van der Waals surface area contributed by atoms with E-state index in [2.05, 4.69) is 15.5 Å². The van der Waals surface area contributed by atoms with Gasteiger partial charge in [-0.25, -0.2) is 4.79 Å². The number of thiophene rings is 1. The summed E-state index contributed by atoms with van der Waals surface area (Å²) in [5.74, 6) is -0.597. The Morgan fingerprint density at radius 1 is 1.33 bits per heavy atom. The van der Waals surface area contributed by atoms with Gasteiger partial charge in [-0.3, -0.25) is 4.79 Å². The first-order valence-corrected chi connectivity index (χ1v) is 8.60. The van der Waals surface area contributed by atoms with Crippen LogP contribution in [0, 0.1) is 0 Å². The summed E-state index contributed by atoms with van der Waals surface area (Å²) in [7, 11) is 1.33. The zero-order chi connectivity index (χ0) is 16.9. The number of nitrogens with one attached hydrogen (secondary N) is 2. The van der Waals surface area contributed by atoms with Gasteiger partial charge in [-0.1, -0.05) is 12.1 Å². The highest BCUT2D eigenvalue weighted by Gasteiger charge is 2.19. The predicted octanol–water partition coefficient (Wildman–Crippen LogP) is 2.80. The number of nitrogens with zero attached hydrogens (tertiary/aromatic N) is 1. The van der Waals surface area contributed by atoms with Crippen LogP contribution in [0.2, 0.25) is 0 Å². The summed E-state index contributed by atoms with van der Waals surface area (Å²) in [5, 5.41) is 7.94. The number of carbonyl (C=O) groups excluding carboxylic acids is 2. The van der Waals surface area contributed by atoms with Crippen LogP contribution in [0.3, 0.4) is 0 Å². The van der Waals surface area contributed by atoms with Crippen LogP contribution in [0.4, 0.5) is 17.1 Å². The Balaban J connectivity index is 1.72. The van der Waals surface area contributed by atoms with Gasteiger partial charge in [0.25, 0.3) is 0 Å². The van der Waals surface area contributed by atoms with Crippen molar-refractivity contribution < 1.29 is 14.3 Å². The van der Waals surface area contributed by atoms with Crippen LogP contribution in [0.1, 0.15) is 16.1 Å². The normalized spacial score (nSPS) is 13.5. The minimum Gasteiger partial charge on any atom is -0.465 e. The topological polar surface area (TPSA) is 70.7 Å². The number of esters is 1. The summed E-state index contributed by atoms with van der Waals surface area (Å²) in [6.07, 6.45) is 0.952.